The summed E-state index contributed by atoms with van der Waals surface area (Å²) in [6, 6.07) is 13.2. The zero-order valence-electron chi connectivity index (χ0n) is 14.2. The second kappa shape index (κ2) is 6.72. The van der Waals surface area contributed by atoms with E-state index in [2.05, 4.69) is 9.71 Å². The Labute approximate surface area is 147 Å². The first-order chi connectivity index (χ1) is 11.8. The fraction of sp³-hybridized carbons (Fsp3) is 0.211. The molecule has 0 fully saturated rings. The fourth-order valence-electron chi connectivity index (χ4n) is 2.86. The van der Waals surface area contributed by atoms with Crippen LogP contribution in [0.4, 0.5) is 0 Å². The van der Waals surface area contributed by atoms with Crippen LogP contribution in [0.3, 0.4) is 0 Å². The average Bonchev–Trinajstić information content (AvgIpc) is 2.93. The van der Waals surface area contributed by atoms with Crippen molar-refractivity contribution >= 4 is 26.8 Å². The SMILES string of the molecule is Cc1ccc(C)c(CS(=O)(=O)NC(=O)Cc2c[nH]c3ccccc23)c1. The van der Waals surface area contributed by atoms with E-state index in [1.807, 2.05) is 56.3 Å². The van der Waals surface area contributed by atoms with Crippen LogP contribution in [0.1, 0.15) is 22.3 Å². The lowest BCUT2D eigenvalue weighted by atomic mass is 10.1. The first-order valence-electron chi connectivity index (χ1n) is 7.98. The maximum absolute atomic E-state index is 12.3. The highest BCUT2D eigenvalue weighted by Gasteiger charge is 2.18. The first-order valence-corrected chi connectivity index (χ1v) is 9.64. The molecule has 1 heterocycles. The van der Waals surface area contributed by atoms with E-state index >= 15 is 0 Å². The maximum Gasteiger partial charge on any atom is 0.239 e. The molecule has 1 amide bonds. The number of carbonyl (C=O) groups is 1. The number of carbonyl (C=O) groups excluding carboxylic acids is 1. The number of nitrogens with one attached hydrogen (secondary N) is 2. The van der Waals surface area contributed by atoms with Crippen LogP contribution in [-0.2, 0) is 27.0 Å². The summed E-state index contributed by atoms with van der Waals surface area (Å²) in [6.07, 6.45) is 1.75. The van der Waals surface area contributed by atoms with Gasteiger partial charge in [0.15, 0.2) is 0 Å². The van der Waals surface area contributed by atoms with Gasteiger partial charge in [-0.2, -0.15) is 0 Å². The van der Waals surface area contributed by atoms with E-state index in [-0.39, 0.29) is 12.2 Å². The Balaban J connectivity index is 1.72. The Morgan fingerprint density at radius 1 is 1.08 bits per heavy atom. The van der Waals surface area contributed by atoms with Gasteiger partial charge in [-0.25, -0.2) is 8.42 Å². The van der Waals surface area contributed by atoms with Crippen molar-refractivity contribution < 1.29 is 13.2 Å². The summed E-state index contributed by atoms with van der Waals surface area (Å²) in [6.45, 7) is 3.77. The van der Waals surface area contributed by atoms with Crippen LogP contribution in [0, 0.1) is 13.8 Å². The van der Waals surface area contributed by atoms with Crippen molar-refractivity contribution in [2.45, 2.75) is 26.0 Å². The van der Waals surface area contributed by atoms with Gasteiger partial charge in [-0.15, -0.1) is 0 Å². The highest BCUT2D eigenvalue weighted by molar-refractivity contribution is 7.89. The van der Waals surface area contributed by atoms with Gasteiger partial charge >= 0.3 is 0 Å². The Morgan fingerprint density at radius 2 is 1.84 bits per heavy atom. The molecule has 2 N–H and O–H groups in total. The summed E-state index contributed by atoms with van der Waals surface area (Å²) < 4.78 is 26.8. The summed E-state index contributed by atoms with van der Waals surface area (Å²) in [4.78, 5) is 15.3. The van der Waals surface area contributed by atoms with Crippen LogP contribution in [0.5, 0.6) is 0 Å². The summed E-state index contributed by atoms with van der Waals surface area (Å²) in [7, 11) is -3.74. The minimum Gasteiger partial charge on any atom is -0.361 e. The van der Waals surface area contributed by atoms with E-state index in [1.165, 1.54) is 0 Å². The topological polar surface area (TPSA) is 79.0 Å². The zero-order chi connectivity index (χ0) is 18.0. The van der Waals surface area contributed by atoms with Gasteiger partial charge in [0.2, 0.25) is 15.9 Å². The summed E-state index contributed by atoms with van der Waals surface area (Å²) in [5.74, 6) is -0.741. The summed E-state index contributed by atoms with van der Waals surface area (Å²) in [5.41, 5.74) is 4.27. The second-order valence-corrected chi connectivity index (χ2v) is 7.97. The molecule has 0 spiro atoms. The largest absolute Gasteiger partial charge is 0.361 e. The third-order valence-corrected chi connectivity index (χ3v) is 5.38. The molecule has 2 aromatic carbocycles. The summed E-state index contributed by atoms with van der Waals surface area (Å²) >= 11 is 0. The number of benzene rings is 2. The Kier molecular flexibility index (Phi) is 4.63. The fourth-order valence-corrected chi connectivity index (χ4v) is 4.07. The van der Waals surface area contributed by atoms with Crippen LogP contribution >= 0.6 is 0 Å². The Hall–Kier alpha value is -2.60. The molecule has 1 aromatic heterocycles. The van der Waals surface area contributed by atoms with Gasteiger partial charge < -0.3 is 4.98 Å². The molecule has 0 aliphatic carbocycles. The van der Waals surface area contributed by atoms with Gasteiger partial charge in [0.25, 0.3) is 0 Å². The standard InChI is InChI=1S/C19H20N2O3S/c1-13-7-8-14(2)16(9-13)12-25(23,24)21-19(22)10-15-11-20-18-6-4-3-5-17(15)18/h3-9,11,20H,10,12H2,1-2H3,(H,21,22). The molecule has 0 aliphatic heterocycles. The van der Waals surface area contributed by atoms with Crippen LogP contribution in [0.2, 0.25) is 0 Å². The molecule has 3 aromatic rings. The highest BCUT2D eigenvalue weighted by Crippen LogP contribution is 2.18. The first kappa shape index (κ1) is 17.2. The summed E-state index contributed by atoms with van der Waals surface area (Å²) in [5, 5.41) is 0.921. The highest BCUT2D eigenvalue weighted by atomic mass is 32.2. The third-order valence-electron chi connectivity index (χ3n) is 4.15. The number of aromatic amines is 1. The molecule has 25 heavy (non-hydrogen) atoms. The molecular formula is C19H20N2O3S. The van der Waals surface area contributed by atoms with Gasteiger partial charge in [0, 0.05) is 17.1 Å². The van der Waals surface area contributed by atoms with Crippen molar-refractivity contribution in [3.63, 3.8) is 0 Å². The lowest BCUT2D eigenvalue weighted by molar-refractivity contribution is -0.118. The number of amides is 1. The number of H-pyrrole nitrogens is 1. The van der Waals surface area contributed by atoms with Crippen LogP contribution < -0.4 is 4.72 Å². The molecule has 0 saturated carbocycles. The smallest absolute Gasteiger partial charge is 0.239 e. The Bertz CT molecular complexity index is 1040. The Morgan fingerprint density at radius 3 is 2.64 bits per heavy atom. The van der Waals surface area contributed by atoms with E-state index in [4.69, 9.17) is 0 Å². The number of hydrogen-bond acceptors (Lipinski definition) is 3. The maximum atomic E-state index is 12.3. The van der Waals surface area contributed by atoms with Crippen LogP contribution in [-0.4, -0.2) is 19.3 Å². The predicted molar refractivity (Wildman–Crippen MR) is 98.7 cm³/mol. The molecule has 0 atom stereocenters. The number of hydrogen-bond donors (Lipinski definition) is 2. The number of fused-ring (bicyclic) bond motifs is 1. The molecule has 6 heteroatoms. The molecular weight excluding hydrogens is 336 g/mol. The molecule has 0 saturated heterocycles. The minimum absolute atomic E-state index is 0.00996. The van der Waals surface area contributed by atoms with Gasteiger partial charge in [-0.1, -0.05) is 42.0 Å². The molecule has 0 radical (unpaired) electrons. The van der Waals surface area contributed by atoms with Crippen LogP contribution in [0.25, 0.3) is 10.9 Å². The van der Waals surface area contributed by atoms with Crippen molar-refractivity contribution in [2.24, 2.45) is 0 Å². The van der Waals surface area contributed by atoms with E-state index < -0.39 is 15.9 Å². The van der Waals surface area contributed by atoms with Gasteiger partial charge in [0.05, 0.1) is 12.2 Å². The predicted octanol–water partition coefficient (Wildman–Crippen LogP) is 2.97. The monoisotopic (exact) mass is 356 g/mol. The van der Waals surface area contributed by atoms with Crippen molar-refractivity contribution in [3.05, 3.63) is 70.9 Å². The second-order valence-electron chi connectivity index (χ2n) is 6.25. The quantitative estimate of drug-likeness (QED) is 0.738. The number of rotatable bonds is 5. The van der Waals surface area contributed by atoms with E-state index in [9.17, 15) is 13.2 Å². The molecule has 130 valence electrons. The molecule has 3 rings (SSSR count). The molecule has 0 unspecified atom stereocenters. The van der Waals surface area contributed by atoms with Gasteiger partial charge in [-0.05, 0) is 36.6 Å². The van der Waals surface area contributed by atoms with Gasteiger partial charge in [0.1, 0.15) is 0 Å². The number of sulfonamides is 1. The normalized spacial score (nSPS) is 11.6. The molecule has 5 nitrogen and oxygen atoms in total. The number of aryl methyl sites for hydroxylation is 2. The molecule has 0 aliphatic rings. The van der Waals surface area contributed by atoms with Crippen LogP contribution in [0.15, 0.2) is 48.7 Å². The van der Waals surface area contributed by atoms with Gasteiger partial charge in [-0.3, -0.25) is 9.52 Å². The zero-order valence-corrected chi connectivity index (χ0v) is 15.0. The van der Waals surface area contributed by atoms with E-state index in [0.717, 1.165) is 27.6 Å². The lowest BCUT2D eigenvalue weighted by Crippen LogP contribution is -2.32. The number of para-hydroxylation sites is 1. The van der Waals surface area contributed by atoms with E-state index in [0.29, 0.717) is 5.56 Å². The number of aromatic nitrogens is 1. The lowest BCUT2D eigenvalue weighted by Gasteiger charge is -2.10. The molecule has 0 bridgehead atoms. The van der Waals surface area contributed by atoms with Crippen molar-refractivity contribution in [1.82, 2.24) is 9.71 Å². The van der Waals surface area contributed by atoms with Crippen molar-refractivity contribution in [1.29, 1.82) is 0 Å². The van der Waals surface area contributed by atoms with Crippen molar-refractivity contribution in [3.8, 4) is 0 Å². The minimum atomic E-state index is -3.74. The average molecular weight is 356 g/mol. The van der Waals surface area contributed by atoms with Crippen molar-refractivity contribution in [2.75, 3.05) is 0 Å². The third kappa shape index (κ3) is 4.09. The van der Waals surface area contributed by atoms with E-state index in [1.54, 1.807) is 6.20 Å².